The van der Waals surface area contributed by atoms with Crippen molar-refractivity contribution >= 4 is 11.8 Å². The van der Waals surface area contributed by atoms with Gasteiger partial charge < -0.3 is 26.2 Å². The Hall–Kier alpha value is -1.18. The van der Waals surface area contributed by atoms with Crippen LogP contribution in [0.4, 0.5) is 0 Å². The average Bonchev–Trinajstić information content (AvgIpc) is 2.44. The smallest absolute Gasteiger partial charge is 0.220 e. The van der Waals surface area contributed by atoms with Gasteiger partial charge in [-0.3, -0.25) is 9.59 Å². The van der Waals surface area contributed by atoms with Gasteiger partial charge in [-0.05, 0) is 32.4 Å². The zero-order valence-electron chi connectivity index (χ0n) is 12.0. The average molecular weight is 289 g/mol. The maximum Gasteiger partial charge on any atom is 0.220 e. The second-order valence-electron chi connectivity index (χ2n) is 4.46. The van der Waals surface area contributed by atoms with Crippen LogP contribution in [0, 0.1) is 0 Å². The Morgan fingerprint density at radius 3 is 1.70 bits per heavy atom. The number of aliphatic hydroxyl groups excluding tert-OH is 2. The Bertz CT molecular complexity index is 262. The molecule has 0 saturated heterocycles. The molecule has 5 N–H and O–H groups in total. The van der Waals surface area contributed by atoms with Gasteiger partial charge in [0.05, 0.1) is 0 Å². The second kappa shape index (κ2) is 14.2. The number of hydrogen-bond acceptors (Lipinski definition) is 5. The molecule has 0 radical (unpaired) electrons. The first-order valence-electron chi connectivity index (χ1n) is 7.16. The number of carbonyl (C=O) groups is 2. The fourth-order valence-electron chi connectivity index (χ4n) is 1.48. The largest absolute Gasteiger partial charge is 0.396 e. The van der Waals surface area contributed by atoms with E-state index >= 15 is 0 Å². The Labute approximate surface area is 120 Å². The zero-order valence-corrected chi connectivity index (χ0v) is 12.0. The van der Waals surface area contributed by atoms with Crippen molar-refractivity contribution < 1.29 is 19.8 Å². The topological polar surface area (TPSA) is 111 Å². The minimum absolute atomic E-state index is 0.0487. The van der Waals surface area contributed by atoms with E-state index < -0.39 is 0 Å². The summed E-state index contributed by atoms with van der Waals surface area (Å²) >= 11 is 0. The van der Waals surface area contributed by atoms with Crippen molar-refractivity contribution in [2.75, 3.05) is 39.4 Å². The van der Waals surface area contributed by atoms with Crippen molar-refractivity contribution in [2.24, 2.45) is 0 Å². The molecule has 0 unspecified atom stereocenters. The molecule has 2 amide bonds. The van der Waals surface area contributed by atoms with Crippen molar-refractivity contribution in [3.63, 3.8) is 0 Å². The van der Waals surface area contributed by atoms with E-state index in [1.165, 1.54) is 0 Å². The van der Waals surface area contributed by atoms with Crippen LogP contribution in [0.15, 0.2) is 0 Å². The van der Waals surface area contributed by atoms with E-state index in [4.69, 9.17) is 10.2 Å². The van der Waals surface area contributed by atoms with Crippen molar-refractivity contribution in [1.82, 2.24) is 16.0 Å². The quantitative estimate of drug-likeness (QED) is 0.272. The predicted octanol–water partition coefficient (Wildman–Crippen LogP) is -1.26. The molecule has 118 valence electrons. The van der Waals surface area contributed by atoms with Gasteiger partial charge in [0.15, 0.2) is 0 Å². The lowest BCUT2D eigenvalue weighted by Crippen LogP contribution is -2.30. The van der Waals surface area contributed by atoms with Gasteiger partial charge in [0.1, 0.15) is 0 Å². The third-order valence-corrected chi connectivity index (χ3v) is 2.60. The summed E-state index contributed by atoms with van der Waals surface area (Å²) in [4.78, 5) is 22.7. The summed E-state index contributed by atoms with van der Waals surface area (Å²) in [5.74, 6) is -0.295. The fraction of sp³-hybridized carbons (Fsp3) is 0.846. The molecule has 0 spiro atoms. The van der Waals surface area contributed by atoms with Gasteiger partial charge >= 0.3 is 0 Å². The van der Waals surface area contributed by atoms with Gasteiger partial charge in [0.2, 0.25) is 11.8 Å². The molecule has 0 heterocycles. The summed E-state index contributed by atoms with van der Waals surface area (Å²) in [5, 5.41) is 25.6. The summed E-state index contributed by atoms with van der Waals surface area (Å²) in [5.41, 5.74) is 0. The number of hydrogen-bond donors (Lipinski definition) is 5. The molecule has 7 nitrogen and oxygen atoms in total. The summed E-state index contributed by atoms with van der Waals surface area (Å²) in [6, 6.07) is 0. The summed E-state index contributed by atoms with van der Waals surface area (Å²) in [6.45, 7) is 2.82. The maximum atomic E-state index is 11.4. The molecular formula is C13H27N3O4. The lowest BCUT2D eigenvalue weighted by Gasteiger charge is -2.06. The van der Waals surface area contributed by atoms with Crippen LogP contribution >= 0.6 is 0 Å². The van der Waals surface area contributed by atoms with Crippen LogP contribution in [0.3, 0.4) is 0 Å². The Morgan fingerprint density at radius 2 is 1.15 bits per heavy atom. The summed E-state index contributed by atoms with van der Waals surface area (Å²) in [6.07, 6.45) is 2.44. The van der Waals surface area contributed by atoms with Gasteiger partial charge in [-0.15, -0.1) is 0 Å². The SMILES string of the molecule is O=C(CCC(=O)NCCCNCCCO)NCCCO. The molecule has 7 heteroatoms. The molecule has 0 aromatic rings. The molecule has 0 aromatic heterocycles. The van der Waals surface area contributed by atoms with Crippen LogP contribution in [0.2, 0.25) is 0 Å². The van der Waals surface area contributed by atoms with E-state index in [0.717, 1.165) is 25.9 Å². The van der Waals surface area contributed by atoms with Crippen LogP contribution in [0.5, 0.6) is 0 Å². The Morgan fingerprint density at radius 1 is 0.700 bits per heavy atom. The lowest BCUT2D eigenvalue weighted by atomic mass is 10.2. The van der Waals surface area contributed by atoms with Gasteiger partial charge in [0.25, 0.3) is 0 Å². The number of nitrogens with one attached hydrogen (secondary N) is 3. The Kier molecular flexibility index (Phi) is 13.4. The van der Waals surface area contributed by atoms with E-state index in [1.54, 1.807) is 0 Å². The molecule has 0 aromatic carbocycles. The van der Waals surface area contributed by atoms with E-state index in [-0.39, 0.29) is 37.9 Å². The fourth-order valence-corrected chi connectivity index (χ4v) is 1.48. The second-order valence-corrected chi connectivity index (χ2v) is 4.46. The number of aliphatic hydroxyl groups is 2. The van der Waals surface area contributed by atoms with Gasteiger partial charge in [-0.2, -0.15) is 0 Å². The van der Waals surface area contributed by atoms with Crippen molar-refractivity contribution in [3.8, 4) is 0 Å². The molecule has 0 rings (SSSR count). The highest BCUT2D eigenvalue weighted by Gasteiger charge is 2.05. The minimum Gasteiger partial charge on any atom is -0.396 e. The van der Waals surface area contributed by atoms with Crippen LogP contribution < -0.4 is 16.0 Å². The summed E-state index contributed by atoms with van der Waals surface area (Å²) in [7, 11) is 0. The van der Waals surface area contributed by atoms with E-state index in [0.29, 0.717) is 19.5 Å². The van der Waals surface area contributed by atoms with E-state index in [2.05, 4.69) is 16.0 Å². The first-order chi connectivity index (χ1) is 9.70. The van der Waals surface area contributed by atoms with E-state index in [1.807, 2.05) is 0 Å². The lowest BCUT2D eigenvalue weighted by molar-refractivity contribution is -0.126. The molecular weight excluding hydrogens is 262 g/mol. The number of carbonyl (C=O) groups excluding carboxylic acids is 2. The van der Waals surface area contributed by atoms with Crippen molar-refractivity contribution in [2.45, 2.75) is 32.1 Å². The molecule has 0 fully saturated rings. The van der Waals surface area contributed by atoms with Crippen LogP contribution in [-0.2, 0) is 9.59 Å². The van der Waals surface area contributed by atoms with E-state index in [9.17, 15) is 9.59 Å². The van der Waals surface area contributed by atoms with Gasteiger partial charge in [0, 0.05) is 39.1 Å². The van der Waals surface area contributed by atoms with Crippen molar-refractivity contribution in [1.29, 1.82) is 0 Å². The van der Waals surface area contributed by atoms with Crippen LogP contribution in [0.25, 0.3) is 0 Å². The Balaban J connectivity index is 3.34. The third-order valence-electron chi connectivity index (χ3n) is 2.60. The molecule has 0 saturated carbocycles. The molecule has 0 aliphatic carbocycles. The highest BCUT2D eigenvalue weighted by Crippen LogP contribution is 1.90. The number of amides is 2. The monoisotopic (exact) mass is 289 g/mol. The zero-order chi connectivity index (χ0) is 15.1. The first kappa shape index (κ1) is 18.8. The molecule has 0 aliphatic rings. The highest BCUT2D eigenvalue weighted by molar-refractivity contribution is 5.83. The minimum atomic E-state index is -0.167. The van der Waals surface area contributed by atoms with Gasteiger partial charge in [-0.1, -0.05) is 0 Å². The van der Waals surface area contributed by atoms with Crippen molar-refractivity contribution in [3.05, 3.63) is 0 Å². The molecule has 0 atom stereocenters. The first-order valence-corrected chi connectivity index (χ1v) is 7.16. The standard InChI is InChI=1S/C13H27N3O4/c17-10-2-7-14-6-1-8-15-12(19)4-5-13(20)16-9-3-11-18/h14,17-18H,1-11H2,(H,15,19)(H,16,20). The molecule has 0 aliphatic heterocycles. The summed E-state index contributed by atoms with van der Waals surface area (Å²) < 4.78 is 0. The maximum absolute atomic E-state index is 11.4. The van der Waals surface area contributed by atoms with Crippen LogP contribution in [0.1, 0.15) is 32.1 Å². The predicted molar refractivity (Wildman–Crippen MR) is 76.1 cm³/mol. The third kappa shape index (κ3) is 13.3. The highest BCUT2D eigenvalue weighted by atomic mass is 16.3. The molecule has 20 heavy (non-hydrogen) atoms. The number of rotatable bonds is 13. The molecule has 0 bridgehead atoms. The van der Waals surface area contributed by atoms with Crippen LogP contribution in [-0.4, -0.2) is 61.4 Å². The normalized spacial score (nSPS) is 10.3. The van der Waals surface area contributed by atoms with Gasteiger partial charge in [-0.25, -0.2) is 0 Å².